The topological polar surface area (TPSA) is 26.3 Å². The summed E-state index contributed by atoms with van der Waals surface area (Å²) in [6, 6.07) is 0. The number of unbranched alkanes of at least 4 members (excludes halogenated alkanes) is 1. The third-order valence-electron chi connectivity index (χ3n) is 1.07. The molecule has 0 aliphatic carbocycles. The van der Waals surface area contributed by atoms with Crippen molar-refractivity contribution in [2.45, 2.75) is 26.7 Å². The smallest absolute Gasteiger partial charge is 0.309 e. The zero-order valence-corrected chi connectivity index (χ0v) is 7.30. The molecule has 0 aromatic heterocycles. The molecule has 0 fully saturated rings. The van der Waals surface area contributed by atoms with Crippen molar-refractivity contribution in [1.29, 1.82) is 0 Å². The fourth-order valence-electron chi connectivity index (χ4n) is 0.528. The van der Waals surface area contributed by atoms with Gasteiger partial charge in [-0.2, -0.15) is 0 Å². The van der Waals surface area contributed by atoms with Gasteiger partial charge in [-0.05, 0) is 12.3 Å². The van der Waals surface area contributed by atoms with Crippen LogP contribution in [0.3, 0.4) is 0 Å². The lowest BCUT2D eigenvalue weighted by atomic mass is 10.2. The Balaban J connectivity index is 3.23. The van der Waals surface area contributed by atoms with Gasteiger partial charge in [0, 0.05) is 0 Å². The van der Waals surface area contributed by atoms with Crippen LogP contribution in [0.25, 0.3) is 0 Å². The van der Waals surface area contributed by atoms with Gasteiger partial charge in [-0.3, -0.25) is 4.79 Å². The van der Waals surface area contributed by atoms with Crippen LogP contribution in [0.5, 0.6) is 0 Å². The summed E-state index contributed by atoms with van der Waals surface area (Å²) < 4.78 is 4.88. The minimum absolute atomic E-state index is 0.220. The number of esters is 1. The van der Waals surface area contributed by atoms with Crippen molar-refractivity contribution in [3.63, 3.8) is 0 Å². The second kappa shape index (κ2) is 6.20. The van der Waals surface area contributed by atoms with Crippen LogP contribution in [-0.4, -0.2) is 12.6 Å². The molecule has 0 amide bonds. The van der Waals surface area contributed by atoms with E-state index < -0.39 is 0 Å². The van der Waals surface area contributed by atoms with Gasteiger partial charge in [0.1, 0.15) is 0 Å². The Morgan fingerprint density at radius 2 is 2.27 bits per heavy atom. The fourth-order valence-corrected chi connectivity index (χ4v) is 0.528. The van der Waals surface area contributed by atoms with Gasteiger partial charge in [0.15, 0.2) is 0 Å². The molecule has 2 radical (unpaired) electrons. The highest BCUT2D eigenvalue weighted by Gasteiger charge is 2.02. The summed E-state index contributed by atoms with van der Waals surface area (Å²) in [4.78, 5) is 10.8. The lowest BCUT2D eigenvalue weighted by Crippen LogP contribution is -2.09. The molecule has 0 aromatic carbocycles. The third-order valence-corrected chi connectivity index (χ3v) is 1.07. The predicted octanol–water partition coefficient (Wildman–Crippen LogP) is 2.00. The maximum atomic E-state index is 10.8. The highest BCUT2D eigenvalue weighted by Crippen LogP contribution is 1.98. The van der Waals surface area contributed by atoms with Crippen LogP contribution in [0.15, 0.2) is 0 Å². The van der Waals surface area contributed by atoms with Crippen LogP contribution in [0, 0.1) is 19.3 Å². The summed E-state index contributed by atoms with van der Waals surface area (Å²) in [6.07, 6.45) is 2.99. The average Bonchev–Trinajstić information content (AvgIpc) is 1.97. The van der Waals surface area contributed by atoms with E-state index in [0.717, 1.165) is 6.42 Å². The molecular weight excluding hydrogens is 140 g/mol. The van der Waals surface area contributed by atoms with Gasteiger partial charge >= 0.3 is 5.97 Å². The molecule has 0 aliphatic heterocycles. The first-order chi connectivity index (χ1) is 5.16. The lowest BCUT2D eigenvalue weighted by Gasteiger charge is -2.05. The standard InChI is InChI=1S/C9H16O2/c1-4-5-6-9(10)11-7-8(2)3/h6,8H,1,4-5,7H2,2-3H3. The Kier molecular flexibility index (Phi) is 5.90. The van der Waals surface area contributed by atoms with E-state index in [4.69, 9.17) is 4.74 Å². The molecular formula is C9H16O2. The van der Waals surface area contributed by atoms with Crippen molar-refractivity contribution in [1.82, 2.24) is 0 Å². The summed E-state index contributed by atoms with van der Waals surface area (Å²) in [5, 5.41) is 0. The van der Waals surface area contributed by atoms with Crippen molar-refractivity contribution < 1.29 is 9.53 Å². The third kappa shape index (κ3) is 7.37. The highest BCUT2D eigenvalue weighted by atomic mass is 16.5. The van der Waals surface area contributed by atoms with Gasteiger partial charge < -0.3 is 4.74 Å². The predicted molar refractivity (Wildman–Crippen MR) is 44.7 cm³/mol. The Bertz CT molecular complexity index is 108. The van der Waals surface area contributed by atoms with Crippen molar-refractivity contribution in [3.05, 3.63) is 13.3 Å². The molecule has 0 bridgehead atoms. The van der Waals surface area contributed by atoms with Crippen molar-refractivity contribution >= 4 is 5.97 Å². The molecule has 0 atom stereocenters. The maximum absolute atomic E-state index is 10.8. The maximum Gasteiger partial charge on any atom is 0.309 e. The van der Waals surface area contributed by atoms with E-state index in [9.17, 15) is 4.79 Å². The van der Waals surface area contributed by atoms with Crippen LogP contribution >= 0.6 is 0 Å². The van der Waals surface area contributed by atoms with Gasteiger partial charge in [-0.1, -0.05) is 27.2 Å². The molecule has 0 saturated carbocycles. The number of hydrogen-bond acceptors (Lipinski definition) is 2. The largest absolute Gasteiger partial charge is 0.465 e. The number of carbonyl (C=O) groups excluding carboxylic acids is 1. The Morgan fingerprint density at radius 3 is 2.73 bits per heavy atom. The highest BCUT2D eigenvalue weighted by molar-refractivity contribution is 5.78. The normalized spacial score (nSPS) is 10.2. The summed E-state index contributed by atoms with van der Waals surface area (Å²) in [7, 11) is 0. The minimum Gasteiger partial charge on any atom is -0.465 e. The lowest BCUT2D eigenvalue weighted by molar-refractivity contribution is -0.140. The van der Waals surface area contributed by atoms with Crippen molar-refractivity contribution in [3.8, 4) is 0 Å². The molecule has 11 heavy (non-hydrogen) atoms. The van der Waals surface area contributed by atoms with Gasteiger partial charge in [0.2, 0.25) is 0 Å². The van der Waals surface area contributed by atoms with E-state index in [1.54, 1.807) is 0 Å². The number of ether oxygens (including phenoxy) is 1. The van der Waals surface area contributed by atoms with Crippen LogP contribution in [0.1, 0.15) is 26.7 Å². The van der Waals surface area contributed by atoms with Gasteiger partial charge in [-0.15, -0.1) is 0 Å². The second-order valence-corrected chi connectivity index (χ2v) is 2.87. The summed E-state index contributed by atoms with van der Waals surface area (Å²) in [5.74, 6) is 0.189. The molecule has 0 saturated heterocycles. The zero-order valence-electron chi connectivity index (χ0n) is 7.30. The molecule has 0 unspecified atom stereocenters. The Labute approximate surface area is 68.9 Å². The zero-order chi connectivity index (χ0) is 8.69. The fraction of sp³-hybridized carbons (Fsp3) is 0.667. The average molecular weight is 156 g/mol. The minimum atomic E-state index is -0.220. The van der Waals surface area contributed by atoms with E-state index >= 15 is 0 Å². The van der Waals surface area contributed by atoms with Crippen LogP contribution in [-0.2, 0) is 9.53 Å². The monoisotopic (exact) mass is 156 g/mol. The van der Waals surface area contributed by atoms with Crippen LogP contribution in [0.4, 0.5) is 0 Å². The Morgan fingerprint density at radius 1 is 1.64 bits per heavy atom. The van der Waals surface area contributed by atoms with E-state index in [1.165, 1.54) is 6.42 Å². The summed E-state index contributed by atoms with van der Waals surface area (Å²) >= 11 is 0. The molecule has 64 valence electrons. The molecule has 0 spiro atoms. The van der Waals surface area contributed by atoms with Crippen molar-refractivity contribution in [2.75, 3.05) is 6.61 Å². The second-order valence-electron chi connectivity index (χ2n) is 2.87. The van der Waals surface area contributed by atoms with E-state index in [0.29, 0.717) is 18.9 Å². The number of hydrogen-bond donors (Lipinski definition) is 0. The van der Waals surface area contributed by atoms with Crippen LogP contribution in [0.2, 0.25) is 0 Å². The molecule has 0 N–H and O–H groups in total. The van der Waals surface area contributed by atoms with E-state index in [2.05, 4.69) is 6.92 Å². The first kappa shape index (κ1) is 10.5. The molecule has 0 rings (SSSR count). The first-order valence-electron chi connectivity index (χ1n) is 3.96. The van der Waals surface area contributed by atoms with Gasteiger partial charge in [0.05, 0.1) is 13.0 Å². The quantitative estimate of drug-likeness (QED) is 0.569. The van der Waals surface area contributed by atoms with Crippen molar-refractivity contribution in [2.24, 2.45) is 5.92 Å². The van der Waals surface area contributed by atoms with E-state index in [-0.39, 0.29) is 5.97 Å². The number of rotatable bonds is 5. The molecule has 0 heterocycles. The van der Waals surface area contributed by atoms with Gasteiger partial charge in [0.25, 0.3) is 0 Å². The number of carbonyl (C=O) groups is 1. The Hall–Kier alpha value is -0.530. The summed E-state index contributed by atoms with van der Waals surface area (Å²) in [6.45, 7) is 8.14. The van der Waals surface area contributed by atoms with E-state index in [1.807, 2.05) is 13.8 Å². The molecule has 0 aromatic rings. The van der Waals surface area contributed by atoms with Crippen LogP contribution < -0.4 is 0 Å². The molecule has 0 aliphatic rings. The molecule has 2 heteroatoms. The summed E-state index contributed by atoms with van der Waals surface area (Å²) in [5.41, 5.74) is 0. The first-order valence-corrected chi connectivity index (χ1v) is 3.96. The SMILES string of the molecule is [CH2]CC[CH]C(=O)OCC(C)C. The van der Waals surface area contributed by atoms with Gasteiger partial charge in [-0.25, -0.2) is 0 Å². The molecule has 2 nitrogen and oxygen atoms in total.